The van der Waals surface area contributed by atoms with Crippen LogP contribution in [0.3, 0.4) is 0 Å². The van der Waals surface area contributed by atoms with E-state index in [1.165, 1.54) is 0 Å². The average Bonchev–Trinajstić information content (AvgIpc) is 1.71. The Morgan fingerprint density at radius 1 is 0.687 bits per heavy atom. The summed E-state index contributed by atoms with van der Waals surface area (Å²) in [6.45, 7) is 11.8. The van der Waals surface area contributed by atoms with Gasteiger partial charge >= 0.3 is 12.1 Å². The van der Waals surface area contributed by atoms with Crippen molar-refractivity contribution in [2.45, 2.75) is 117 Å². The van der Waals surface area contributed by atoms with E-state index in [4.69, 9.17) is 39.9 Å². The summed E-state index contributed by atoms with van der Waals surface area (Å²) in [6, 6.07) is 27.2. The van der Waals surface area contributed by atoms with Gasteiger partial charge in [0.05, 0.1) is 90.3 Å². The lowest BCUT2D eigenvalue weighted by molar-refractivity contribution is -0.132. The summed E-state index contributed by atoms with van der Waals surface area (Å²) in [5.41, 5.74) is 19.4. The SMILES string of the molecule is CCCCCNc1nc(N)nc2ccn(Cc3ccc(CN4CC(NC(=O)OCc5ccc(NC(=O)[C@H](CCCNC(N)=O)NC(=O)[C@@H](NC(=O)CCOCCOCCOCCOCCNC(=O)CCC(=O)N6Cc7ccccc7C#Cc7ccccc76)C(C)C)cc5)C4)cc3OC)c12. The molecule has 2 atom stereocenters. The van der Waals surface area contributed by atoms with Crippen LogP contribution < -0.4 is 58.3 Å². The number of carbonyl (C=O) groups excluding carboxylic acids is 7. The first-order chi connectivity index (χ1) is 48.0. The molecule has 27 heteroatoms. The van der Waals surface area contributed by atoms with Crippen molar-refractivity contribution in [3.63, 3.8) is 0 Å². The maximum atomic E-state index is 13.7. The number of unbranched alkanes of at least 4 members (excludes halogenated alkanes) is 2. The van der Waals surface area contributed by atoms with Crippen LogP contribution >= 0.6 is 0 Å². The van der Waals surface area contributed by atoms with Crippen LogP contribution in [0, 0.1) is 17.8 Å². The number of primary amides is 1. The van der Waals surface area contributed by atoms with Crippen molar-refractivity contribution in [2.24, 2.45) is 11.7 Å². The Kier molecular flexibility index (Phi) is 29.9. The van der Waals surface area contributed by atoms with Crippen molar-refractivity contribution in [2.75, 3.05) is 114 Å². The number of nitrogens with one attached hydrogen (secondary N) is 7. The molecule has 0 radical (unpaired) electrons. The van der Waals surface area contributed by atoms with Gasteiger partial charge in [-0.25, -0.2) is 14.6 Å². The number of likely N-dealkylation sites (tertiary alicyclic amines) is 1. The zero-order valence-corrected chi connectivity index (χ0v) is 57.0. The number of nitrogen functional groups attached to an aromatic ring is 1. The Hall–Kier alpha value is -9.85. The van der Waals surface area contributed by atoms with Crippen LogP contribution in [0.1, 0.15) is 106 Å². The van der Waals surface area contributed by atoms with E-state index in [2.05, 4.69) is 87.5 Å². The van der Waals surface area contributed by atoms with Crippen molar-refractivity contribution in [1.29, 1.82) is 0 Å². The van der Waals surface area contributed by atoms with Gasteiger partial charge in [0.1, 0.15) is 30.0 Å². The number of anilines is 4. The van der Waals surface area contributed by atoms with Gasteiger partial charge in [-0.15, -0.1) is 0 Å². The molecule has 0 bridgehead atoms. The quantitative estimate of drug-likeness (QED) is 0.0155. The summed E-state index contributed by atoms with van der Waals surface area (Å²) < 4.78 is 35.8. The number of ether oxygens (including phenoxy) is 6. The minimum Gasteiger partial charge on any atom is -0.496 e. The molecule has 0 spiro atoms. The third-order valence-electron chi connectivity index (χ3n) is 16.4. The molecule has 11 N–H and O–H groups in total. The fraction of sp³-hybridized carbons (Fsp3) is 0.458. The molecule has 0 unspecified atom stereocenters. The second-order valence-electron chi connectivity index (χ2n) is 24.4. The van der Waals surface area contributed by atoms with Gasteiger partial charge in [-0.05, 0) is 84.3 Å². The first-order valence-corrected chi connectivity index (χ1v) is 33.8. The molecule has 27 nitrogen and oxygen atoms in total. The fourth-order valence-electron chi connectivity index (χ4n) is 11.2. The van der Waals surface area contributed by atoms with Gasteiger partial charge in [-0.1, -0.05) is 100 Å². The van der Waals surface area contributed by atoms with Crippen molar-refractivity contribution < 1.29 is 62.0 Å². The van der Waals surface area contributed by atoms with Crippen molar-refractivity contribution in [3.8, 4) is 17.6 Å². The smallest absolute Gasteiger partial charge is 0.407 e. The number of methoxy groups -OCH3 is 1. The van der Waals surface area contributed by atoms with E-state index in [0.717, 1.165) is 76.1 Å². The molecular formula is C72H94N14O13. The van der Waals surface area contributed by atoms with Crippen LogP contribution in [-0.4, -0.2) is 172 Å². The molecule has 2 aliphatic rings. The number of aromatic nitrogens is 3. The minimum atomic E-state index is -1.06. The van der Waals surface area contributed by atoms with Crippen LogP contribution in [0.4, 0.5) is 32.7 Å². The maximum absolute atomic E-state index is 13.7. The Balaban J connectivity index is 0.660. The molecule has 8 amide bonds. The van der Waals surface area contributed by atoms with E-state index < -0.39 is 41.9 Å². The van der Waals surface area contributed by atoms with Crippen molar-refractivity contribution in [1.82, 2.24) is 46.0 Å². The topological polar surface area (TPSA) is 348 Å². The van der Waals surface area contributed by atoms with Gasteiger partial charge in [0.2, 0.25) is 35.5 Å². The Labute approximate surface area is 577 Å². The number of hydrogen-bond donors (Lipinski definition) is 9. The highest BCUT2D eigenvalue weighted by molar-refractivity contribution is 5.99. The molecular weight excluding hydrogens is 1270 g/mol. The van der Waals surface area contributed by atoms with Gasteiger partial charge < -0.3 is 86.6 Å². The number of hydrogen-bond acceptors (Lipinski definition) is 18. The lowest BCUT2D eigenvalue weighted by Crippen LogP contribution is -2.58. The maximum Gasteiger partial charge on any atom is 0.407 e. The van der Waals surface area contributed by atoms with E-state index >= 15 is 0 Å². The van der Waals surface area contributed by atoms with E-state index in [-0.39, 0.29) is 102 Å². The van der Waals surface area contributed by atoms with Gasteiger partial charge in [0.15, 0.2) is 5.82 Å². The number of nitrogens with two attached hydrogens (primary N) is 2. The average molecular weight is 1360 g/mol. The molecule has 4 aromatic carbocycles. The normalized spacial score (nSPS) is 13.2. The number of amides is 8. The molecule has 0 aliphatic carbocycles. The predicted molar refractivity (Wildman–Crippen MR) is 375 cm³/mol. The Morgan fingerprint density at radius 3 is 2.11 bits per heavy atom. The van der Waals surface area contributed by atoms with Gasteiger partial charge in [-0.3, -0.25) is 28.9 Å². The highest BCUT2D eigenvalue weighted by Crippen LogP contribution is 2.30. The largest absolute Gasteiger partial charge is 0.496 e. The summed E-state index contributed by atoms with van der Waals surface area (Å²) in [5.74, 6) is 5.79. The van der Waals surface area contributed by atoms with Crippen LogP contribution in [0.2, 0.25) is 0 Å². The Morgan fingerprint density at radius 2 is 1.38 bits per heavy atom. The molecule has 4 heterocycles. The van der Waals surface area contributed by atoms with E-state index in [9.17, 15) is 33.6 Å². The second-order valence-corrected chi connectivity index (χ2v) is 24.4. The third-order valence-corrected chi connectivity index (χ3v) is 16.4. The van der Waals surface area contributed by atoms with Gasteiger partial charge in [-0.2, -0.15) is 4.98 Å². The number of nitrogens with zero attached hydrogens (tertiary/aromatic N) is 5. The first kappa shape index (κ1) is 74.9. The van der Waals surface area contributed by atoms with Crippen molar-refractivity contribution >= 4 is 75.8 Å². The number of benzene rings is 4. The summed E-state index contributed by atoms with van der Waals surface area (Å²) >= 11 is 0. The molecule has 1 saturated heterocycles. The number of rotatable bonds is 41. The predicted octanol–water partition coefficient (Wildman–Crippen LogP) is 6.10. The summed E-state index contributed by atoms with van der Waals surface area (Å²) in [5, 5.41) is 20.1. The van der Waals surface area contributed by atoms with Crippen molar-refractivity contribution in [3.05, 3.63) is 137 Å². The molecule has 8 rings (SSSR count). The highest BCUT2D eigenvalue weighted by Gasteiger charge is 2.31. The summed E-state index contributed by atoms with van der Waals surface area (Å²) in [4.78, 5) is 104. The monoisotopic (exact) mass is 1360 g/mol. The molecule has 1 fully saturated rings. The number of carbonyl (C=O) groups is 7. The highest BCUT2D eigenvalue weighted by atomic mass is 16.6. The summed E-state index contributed by atoms with van der Waals surface area (Å²) in [6.07, 6.45) is 5.17. The number of urea groups is 1. The zero-order chi connectivity index (χ0) is 70.3. The van der Waals surface area contributed by atoms with Crippen LogP contribution in [0.15, 0.2) is 103 Å². The zero-order valence-electron chi connectivity index (χ0n) is 57.0. The molecule has 2 aliphatic heterocycles. The molecule has 530 valence electrons. The van der Waals surface area contributed by atoms with E-state index in [0.29, 0.717) is 82.6 Å². The minimum absolute atomic E-state index is 0.0180. The molecule has 2 aromatic heterocycles. The Bertz CT molecular complexity index is 3720. The lowest BCUT2D eigenvalue weighted by atomic mass is 10.0. The van der Waals surface area contributed by atoms with E-state index in [1.54, 1.807) is 50.1 Å². The lowest BCUT2D eigenvalue weighted by Gasteiger charge is -2.39. The second kappa shape index (κ2) is 39.5. The molecule has 99 heavy (non-hydrogen) atoms. The molecule has 0 saturated carbocycles. The number of alkyl carbamates (subject to hydrolysis) is 1. The number of para-hydroxylation sites is 1. The van der Waals surface area contributed by atoms with Crippen LogP contribution in [0.25, 0.3) is 11.0 Å². The summed E-state index contributed by atoms with van der Waals surface area (Å²) in [7, 11) is 1.66. The van der Waals surface area contributed by atoms with Gasteiger partial charge in [0, 0.05) is 87.1 Å². The van der Waals surface area contributed by atoms with Crippen LogP contribution in [-0.2, 0) is 73.9 Å². The third kappa shape index (κ3) is 24.3. The van der Waals surface area contributed by atoms with E-state index in [1.807, 2.05) is 66.9 Å². The number of fused-ring (bicyclic) bond motifs is 3. The van der Waals surface area contributed by atoms with Crippen LogP contribution in [0.5, 0.6) is 5.75 Å². The molecule has 6 aromatic rings. The first-order valence-electron chi connectivity index (χ1n) is 33.8. The van der Waals surface area contributed by atoms with Gasteiger partial charge in [0.25, 0.3) is 0 Å². The fourth-order valence-corrected chi connectivity index (χ4v) is 11.2. The standard InChI is InChI=1S/C72H94N14O13/c1-5-6-11-30-76-67-66-58(81-70(73)83-67)28-33-85(66)44-55-21-18-51(42-61(55)94-4)43-84-46-57(47-84)79-72(93)99-48-50-19-24-56(25-20-50)78-68(90)59(16-12-31-77-71(74)92)80-69(91)65(49(2)3)82-63(88)29-34-95-36-38-97-40-41-98-39-37-96-35-32-75-62(87)26-27-64(89)86-45-54-15-8-7-13-52(54)22-23-53-14-9-10-17-60(53)86/h7-10,13-15,17-21,24-25,28,33,42,49,57,59,65H,5-6,11-12,16,26-27,29-32,34-41,43-48H2,1-4H3,(H,75,87)(H,78,90)(H,79,93)(H,80,91)(H,82,88)(H3,74,77,92)(H3,73,76,81,83)/t59-,65-/m0/s1.